The maximum Gasteiger partial charge on any atom is 0.345 e. The van der Waals surface area contributed by atoms with Crippen molar-refractivity contribution in [3.05, 3.63) is 35.9 Å². The molecule has 116 valence electrons. The third kappa shape index (κ3) is 6.28. The van der Waals surface area contributed by atoms with Crippen molar-refractivity contribution < 1.29 is 28.2 Å². The molecule has 2 atom stereocenters. The van der Waals surface area contributed by atoms with Crippen LogP contribution < -0.4 is 11.1 Å². The number of carboxylic acid groups (broad SMARTS) is 1. The Morgan fingerprint density at radius 1 is 1.29 bits per heavy atom. The highest BCUT2D eigenvalue weighted by Crippen LogP contribution is 2.04. The highest BCUT2D eigenvalue weighted by molar-refractivity contribution is 5.87. The van der Waals surface area contributed by atoms with Gasteiger partial charge >= 0.3 is 12.6 Å². The van der Waals surface area contributed by atoms with Gasteiger partial charge in [-0.05, 0) is 5.56 Å². The quantitative estimate of drug-likeness (QED) is 0.644. The van der Waals surface area contributed by atoms with Gasteiger partial charge in [-0.2, -0.15) is 8.78 Å². The summed E-state index contributed by atoms with van der Waals surface area (Å²) in [6.45, 7) is -3.73. The minimum atomic E-state index is -3.04. The Morgan fingerprint density at radius 3 is 2.43 bits per heavy atom. The summed E-state index contributed by atoms with van der Waals surface area (Å²) in [6, 6.07) is 6.10. The Morgan fingerprint density at radius 2 is 1.90 bits per heavy atom. The summed E-state index contributed by atoms with van der Waals surface area (Å²) < 4.78 is 27.6. The fourth-order valence-electron chi connectivity index (χ4n) is 1.58. The van der Waals surface area contributed by atoms with Crippen molar-refractivity contribution in [2.75, 3.05) is 6.61 Å². The molecule has 1 rings (SSSR count). The first-order valence-corrected chi connectivity index (χ1v) is 6.12. The SMILES string of the molecule is N[C@@H](COC(F)F)C(=O)N[C@@H](Cc1ccccc1)C(=O)O. The molecule has 1 aromatic carbocycles. The molecule has 1 amide bonds. The summed E-state index contributed by atoms with van der Waals surface area (Å²) in [4.78, 5) is 22.8. The lowest BCUT2D eigenvalue weighted by atomic mass is 10.1. The second kappa shape index (κ2) is 8.28. The van der Waals surface area contributed by atoms with Gasteiger partial charge in [-0.1, -0.05) is 30.3 Å². The largest absolute Gasteiger partial charge is 0.480 e. The van der Waals surface area contributed by atoms with Gasteiger partial charge in [0.2, 0.25) is 5.91 Å². The summed E-state index contributed by atoms with van der Waals surface area (Å²) in [5, 5.41) is 11.3. The number of hydrogen-bond acceptors (Lipinski definition) is 4. The van der Waals surface area contributed by atoms with Gasteiger partial charge in [-0.3, -0.25) is 4.79 Å². The van der Waals surface area contributed by atoms with Crippen molar-refractivity contribution in [1.82, 2.24) is 5.32 Å². The Hall–Kier alpha value is -2.06. The summed E-state index contributed by atoms with van der Waals surface area (Å²) in [7, 11) is 0. The molecule has 0 saturated heterocycles. The second-order valence-corrected chi connectivity index (χ2v) is 4.29. The van der Waals surface area contributed by atoms with E-state index in [1.165, 1.54) is 0 Å². The second-order valence-electron chi connectivity index (χ2n) is 4.29. The zero-order chi connectivity index (χ0) is 15.8. The lowest BCUT2D eigenvalue weighted by Gasteiger charge is -2.18. The predicted molar refractivity (Wildman–Crippen MR) is 69.6 cm³/mol. The molecule has 0 radical (unpaired) electrons. The fraction of sp³-hybridized carbons (Fsp3) is 0.385. The smallest absolute Gasteiger partial charge is 0.345 e. The van der Waals surface area contributed by atoms with E-state index in [0.29, 0.717) is 5.56 Å². The van der Waals surface area contributed by atoms with Gasteiger partial charge in [-0.15, -0.1) is 0 Å². The number of amides is 1. The summed E-state index contributed by atoms with van der Waals surface area (Å²) in [6.07, 6.45) is 0.0599. The van der Waals surface area contributed by atoms with Crippen LogP contribution in [0.1, 0.15) is 5.56 Å². The molecule has 6 nitrogen and oxygen atoms in total. The number of benzene rings is 1. The maximum atomic E-state index is 11.8. The van der Waals surface area contributed by atoms with E-state index >= 15 is 0 Å². The first-order valence-electron chi connectivity index (χ1n) is 6.12. The molecular formula is C13H16F2N2O4. The first kappa shape index (κ1) is 17.0. The average Bonchev–Trinajstić information content (AvgIpc) is 2.44. The van der Waals surface area contributed by atoms with Crippen LogP contribution in [-0.2, 0) is 20.7 Å². The summed E-state index contributed by atoms with van der Waals surface area (Å²) in [5.74, 6) is -2.10. The number of carboxylic acids is 1. The maximum absolute atomic E-state index is 11.8. The molecular weight excluding hydrogens is 286 g/mol. The highest BCUT2D eigenvalue weighted by Gasteiger charge is 2.24. The van der Waals surface area contributed by atoms with Crippen LogP contribution in [0.15, 0.2) is 30.3 Å². The van der Waals surface area contributed by atoms with Gasteiger partial charge in [0.25, 0.3) is 0 Å². The van der Waals surface area contributed by atoms with E-state index in [2.05, 4.69) is 10.1 Å². The highest BCUT2D eigenvalue weighted by atomic mass is 19.3. The van der Waals surface area contributed by atoms with Crippen LogP contribution in [0.2, 0.25) is 0 Å². The number of rotatable bonds is 8. The number of carbonyl (C=O) groups is 2. The lowest BCUT2D eigenvalue weighted by Crippen LogP contribution is -2.51. The minimum absolute atomic E-state index is 0.0599. The number of halogens is 2. The molecule has 1 aromatic rings. The molecule has 0 heterocycles. The van der Waals surface area contributed by atoms with Gasteiger partial charge in [-0.25, -0.2) is 4.79 Å². The molecule has 8 heteroatoms. The molecule has 0 aliphatic rings. The molecule has 0 bridgehead atoms. The average molecular weight is 302 g/mol. The van der Waals surface area contributed by atoms with E-state index < -0.39 is 37.2 Å². The fourth-order valence-corrected chi connectivity index (χ4v) is 1.58. The summed E-state index contributed by atoms with van der Waals surface area (Å²) >= 11 is 0. The zero-order valence-corrected chi connectivity index (χ0v) is 11.0. The van der Waals surface area contributed by atoms with Crippen LogP contribution in [0.4, 0.5) is 8.78 Å². The number of hydrogen-bond donors (Lipinski definition) is 3. The van der Waals surface area contributed by atoms with E-state index in [-0.39, 0.29) is 6.42 Å². The van der Waals surface area contributed by atoms with Crippen LogP contribution in [0.25, 0.3) is 0 Å². The Labute approximate surface area is 119 Å². The van der Waals surface area contributed by atoms with Gasteiger partial charge < -0.3 is 20.9 Å². The molecule has 0 unspecified atom stereocenters. The van der Waals surface area contributed by atoms with Crippen LogP contribution in [0, 0.1) is 0 Å². The van der Waals surface area contributed by atoms with Crippen molar-refractivity contribution in [2.45, 2.75) is 25.1 Å². The molecule has 21 heavy (non-hydrogen) atoms. The minimum Gasteiger partial charge on any atom is -0.480 e. The van der Waals surface area contributed by atoms with E-state index in [1.807, 2.05) is 0 Å². The van der Waals surface area contributed by atoms with E-state index in [1.54, 1.807) is 30.3 Å². The van der Waals surface area contributed by atoms with E-state index in [4.69, 9.17) is 10.8 Å². The van der Waals surface area contributed by atoms with E-state index in [0.717, 1.165) is 0 Å². The number of carbonyl (C=O) groups excluding carboxylic acids is 1. The predicted octanol–water partition coefficient (Wildman–Crippen LogP) is 0.365. The number of ether oxygens (including phenoxy) is 1. The number of nitrogens with one attached hydrogen (secondary N) is 1. The molecule has 0 aliphatic heterocycles. The van der Waals surface area contributed by atoms with Crippen molar-refractivity contribution >= 4 is 11.9 Å². The normalized spacial score (nSPS) is 13.7. The third-order valence-electron chi connectivity index (χ3n) is 2.64. The molecule has 0 spiro atoms. The van der Waals surface area contributed by atoms with Crippen molar-refractivity contribution in [3.63, 3.8) is 0 Å². The molecule has 0 aliphatic carbocycles. The van der Waals surface area contributed by atoms with Crippen LogP contribution in [0.3, 0.4) is 0 Å². The number of aliphatic carboxylic acids is 1. The van der Waals surface area contributed by atoms with Crippen LogP contribution >= 0.6 is 0 Å². The zero-order valence-electron chi connectivity index (χ0n) is 11.0. The number of nitrogens with two attached hydrogens (primary N) is 1. The molecule has 4 N–H and O–H groups in total. The third-order valence-corrected chi connectivity index (χ3v) is 2.64. The Balaban J connectivity index is 2.58. The lowest BCUT2D eigenvalue weighted by molar-refractivity contribution is -0.146. The van der Waals surface area contributed by atoms with Gasteiger partial charge in [0.05, 0.1) is 6.61 Å². The van der Waals surface area contributed by atoms with Crippen molar-refractivity contribution in [3.8, 4) is 0 Å². The van der Waals surface area contributed by atoms with Crippen molar-refractivity contribution in [1.29, 1.82) is 0 Å². The van der Waals surface area contributed by atoms with Gasteiger partial charge in [0.15, 0.2) is 0 Å². The van der Waals surface area contributed by atoms with Crippen LogP contribution in [0.5, 0.6) is 0 Å². The monoisotopic (exact) mass is 302 g/mol. The Kier molecular flexibility index (Phi) is 6.70. The van der Waals surface area contributed by atoms with Gasteiger partial charge in [0, 0.05) is 6.42 Å². The molecule has 0 saturated carbocycles. The standard InChI is InChI=1S/C13H16F2N2O4/c14-13(15)21-7-9(16)11(18)17-10(12(19)20)6-8-4-2-1-3-5-8/h1-5,9-10,13H,6-7,16H2,(H,17,18)(H,19,20)/t9-,10-/m0/s1. The van der Waals surface area contributed by atoms with Crippen LogP contribution in [-0.4, -0.2) is 42.3 Å². The van der Waals surface area contributed by atoms with Gasteiger partial charge in [0.1, 0.15) is 12.1 Å². The molecule has 0 fully saturated rings. The Bertz CT molecular complexity index is 470. The topological polar surface area (TPSA) is 102 Å². The van der Waals surface area contributed by atoms with Crippen molar-refractivity contribution in [2.24, 2.45) is 5.73 Å². The number of alkyl halides is 2. The molecule has 0 aromatic heterocycles. The summed E-state index contributed by atoms with van der Waals surface area (Å²) in [5.41, 5.74) is 6.05. The van der Waals surface area contributed by atoms with E-state index in [9.17, 15) is 18.4 Å². The first-order chi connectivity index (χ1) is 9.90.